The largest absolute Gasteiger partial charge is 0.493 e. The molecule has 0 saturated carbocycles. The summed E-state index contributed by atoms with van der Waals surface area (Å²) in [6.45, 7) is 2.05. The van der Waals surface area contributed by atoms with Gasteiger partial charge in [-0.25, -0.2) is 4.39 Å². The van der Waals surface area contributed by atoms with Crippen LogP contribution in [0.4, 0.5) is 4.39 Å². The van der Waals surface area contributed by atoms with Crippen LogP contribution in [0, 0.1) is 5.82 Å². The number of halogens is 2. The van der Waals surface area contributed by atoms with Crippen molar-refractivity contribution in [2.45, 2.75) is 19.6 Å². The summed E-state index contributed by atoms with van der Waals surface area (Å²) in [5, 5.41) is 0.461. The van der Waals surface area contributed by atoms with E-state index in [-0.39, 0.29) is 18.5 Å². The van der Waals surface area contributed by atoms with Crippen LogP contribution in [0.1, 0.15) is 24.1 Å². The van der Waals surface area contributed by atoms with E-state index in [1.807, 2.05) is 19.1 Å². The van der Waals surface area contributed by atoms with Crippen LogP contribution in [-0.4, -0.2) is 7.11 Å². The molecule has 5 heteroatoms. The van der Waals surface area contributed by atoms with Crippen molar-refractivity contribution in [2.24, 2.45) is 5.73 Å². The Morgan fingerprint density at radius 1 is 1.19 bits per heavy atom. The Labute approximate surface area is 128 Å². The van der Waals surface area contributed by atoms with Crippen LogP contribution in [0.2, 0.25) is 5.02 Å². The molecule has 0 heterocycles. The lowest BCUT2D eigenvalue weighted by atomic mass is 10.1. The summed E-state index contributed by atoms with van der Waals surface area (Å²) in [6.07, 6.45) is 0. The first-order valence-electron chi connectivity index (χ1n) is 6.51. The maximum atomic E-state index is 13.2. The van der Waals surface area contributed by atoms with Crippen molar-refractivity contribution in [3.63, 3.8) is 0 Å². The Hall–Kier alpha value is -1.78. The first kappa shape index (κ1) is 15.6. The molecule has 0 aliphatic rings. The van der Waals surface area contributed by atoms with Crippen molar-refractivity contribution in [3.05, 3.63) is 58.4 Å². The number of ether oxygens (including phenoxy) is 2. The van der Waals surface area contributed by atoms with E-state index in [0.29, 0.717) is 22.1 Å². The highest BCUT2D eigenvalue weighted by Crippen LogP contribution is 2.31. The highest BCUT2D eigenvalue weighted by Gasteiger charge is 2.10. The SMILES string of the molecule is COc1cc([C@@H](C)N)ccc1OCc1cc(F)ccc1Cl. The van der Waals surface area contributed by atoms with Gasteiger partial charge in [-0.3, -0.25) is 0 Å². The van der Waals surface area contributed by atoms with E-state index in [0.717, 1.165) is 5.56 Å². The molecule has 0 saturated heterocycles. The van der Waals surface area contributed by atoms with Gasteiger partial charge in [-0.2, -0.15) is 0 Å². The van der Waals surface area contributed by atoms with Crippen molar-refractivity contribution < 1.29 is 13.9 Å². The van der Waals surface area contributed by atoms with E-state index in [9.17, 15) is 4.39 Å². The second-order valence-electron chi connectivity index (χ2n) is 4.72. The lowest BCUT2D eigenvalue weighted by Crippen LogP contribution is -2.06. The maximum Gasteiger partial charge on any atom is 0.161 e. The van der Waals surface area contributed by atoms with Gasteiger partial charge >= 0.3 is 0 Å². The average molecular weight is 310 g/mol. The van der Waals surface area contributed by atoms with Gasteiger partial charge in [-0.15, -0.1) is 0 Å². The number of benzene rings is 2. The first-order chi connectivity index (χ1) is 10.0. The van der Waals surface area contributed by atoms with Gasteiger partial charge in [-0.1, -0.05) is 17.7 Å². The maximum absolute atomic E-state index is 13.2. The predicted octanol–water partition coefficient (Wildman–Crippen LogP) is 4.09. The lowest BCUT2D eigenvalue weighted by Gasteiger charge is -2.14. The molecule has 2 aromatic carbocycles. The van der Waals surface area contributed by atoms with Gasteiger partial charge < -0.3 is 15.2 Å². The standard InChI is InChI=1S/C16H17ClFNO2/c1-10(19)11-3-6-15(16(8-11)20-2)21-9-12-7-13(18)4-5-14(12)17/h3-8,10H,9,19H2,1-2H3/t10-/m1/s1. The minimum atomic E-state index is -0.350. The summed E-state index contributed by atoms with van der Waals surface area (Å²) >= 11 is 6.01. The molecule has 0 aliphatic heterocycles. The fourth-order valence-corrected chi connectivity index (χ4v) is 2.07. The summed E-state index contributed by atoms with van der Waals surface area (Å²) in [5.74, 6) is 0.789. The van der Waals surface area contributed by atoms with Gasteiger partial charge in [0, 0.05) is 16.6 Å². The van der Waals surface area contributed by atoms with Crippen molar-refractivity contribution in [2.75, 3.05) is 7.11 Å². The second kappa shape index (κ2) is 6.78. The second-order valence-corrected chi connectivity index (χ2v) is 5.13. The Bertz CT molecular complexity index is 632. The van der Waals surface area contributed by atoms with Crippen molar-refractivity contribution in [1.29, 1.82) is 0 Å². The smallest absolute Gasteiger partial charge is 0.161 e. The molecule has 0 amide bonds. The molecule has 0 aliphatic carbocycles. The highest BCUT2D eigenvalue weighted by atomic mass is 35.5. The third-order valence-electron chi connectivity index (χ3n) is 3.10. The van der Waals surface area contributed by atoms with E-state index in [1.165, 1.54) is 18.2 Å². The molecule has 0 radical (unpaired) electrons. The Balaban J connectivity index is 2.18. The number of hydrogen-bond donors (Lipinski definition) is 1. The molecule has 0 aromatic heterocycles. The van der Waals surface area contributed by atoms with Crippen LogP contribution < -0.4 is 15.2 Å². The van der Waals surface area contributed by atoms with Gasteiger partial charge in [0.05, 0.1) is 7.11 Å². The number of hydrogen-bond acceptors (Lipinski definition) is 3. The van der Waals surface area contributed by atoms with Gasteiger partial charge in [-0.05, 0) is 42.8 Å². The molecule has 2 rings (SSSR count). The quantitative estimate of drug-likeness (QED) is 0.905. The Morgan fingerprint density at radius 2 is 1.95 bits per heavy atom. The molecule has 0 unspecified atom stereocenters. The Morgan fingerprint density at radius 3 is 2.62 bits per heavy atom. The van der Waals surface area contributed by atoms with E-state index >= 15 is 0 Å². The number of rotatable bonds is 5. The lowest BCUT2D eigenvalue weighted by molar-refractivity contribution is 0.284. The number of nitrogens with two attached hydrogens (primary N) is 1. The summed E-state index contributed by atoms with van der Waals surface area (Å²) in [5.41, 5.74) is 7.36. The molecule has 0 spiro atoms. The third-order valence-corrected chi connectivity index (χ3v) is 3.47. The molecule has 112 valence electrons. The zero-order valence-electron chi connectivity index (χ0n) is 11.9. The molecule has 1 atom stereocenters. The highest BCUT2D eigenvalue weighted by molar-refractivity contribution is 6.31. The summed E-state index contributed by atoms with van der Waals surface area (Å²) in [4.78, 5) is 0. The van der Waals surface area contributed by atoms with Gasteiger partial charge in [0.1, 0.15) is 12.4 Å². The fraction of sp³-hybridized carbons (Fsp3) is 0.250. The molecule has 2 N–H and O–H groups in total. The van der Waals surface area contributed by atoms with Crippen LogP contribution in [0.25, 0.3) is 0 Å². The van der Waals surface area contributed by atoms with Crippen LogP contribution in [0.5, 0.6) is 11.5 Å². The van der Waals surface area contributed by atoms with Crippen LogP contribution in [0.3, 0.4) is 0 Å². The minimum Gasteiger partial charge on any atom is -0.493 e. The average Bonchev–Trinajstić information content (AvgIpc) is 2.47. The third kappa shape index (κ3) is 3.86. The van der Waals surface area contributed by atoms with E-state index in [4.69, 9.17) is 26.8 Å². The van der Waals surface area contributed by atoms with Crippen molar-refractivity contribution >= 4 is 11.6 Å². The monoisotopic (exact) mass is 309 g/mol. The molecule has 0 bridgehead atoms. The normalized spacial score (nSPS) is 12.0. The summed E-state index contributed by atoms with van der Waals surface area (Å²) < 4.78 is 24.2. The molecular weight excluding hydrogens is 293 g/mol. The van der Waals surface area contributed by atoms with Crippen LogP contribution in [-0.2, 0) is 6.61 Å². The number of methoxy groups -OCH3 is 1. The van der Waals surface area contributed by atoms with Crippen LogP contribution >= 0.6 is 11.6 Å². The zero-order valence-corrected chi connectivity index (χ0v) is 12.7. The molecule has 3 nitrogen and oxygen atoms in total. The molecular formula is C16H17ClFNO2. The van der Waals surface area contributed by atoms with E-state index in [1.54, 1.807) is 13.2 Å². The van der Waals surface area contributed by atoms with Gasteiger partial charge in [0.25, 0.3) is 0 Å². The molecule has 21 heavy (non-hydrogen) atoms. The van der Waals surface area contributed by atoms with Gasteiger partial charge in [0.15, 0.2) is 11.5 Å². The fourth-order valence-electron chi connectivity index (χ4n) is 1.90. The predicted molar refractivity (Wildman–Crippen MR) is 81.3 cm³/mol. The summed E-state index contributed by atoms with van der Waals surface area (Å²) in [6, 6.07) is 9.56. The zero-order chi connectivity index (χ0) is 15.4. The topological polar surface area (TPSA) is 44.5 Å². The van der Waals surface area contributed by atoms with Crippen molar-refractivity contribution in [3.8, 4) is 11.5 Å². The van der Waals surface area contributed by atoms with Crippen LogP contribution in [0.15, 0.2) is 36.4 Å². The first-order valence-corrected chi connectivity index (χ1v) is 6.89. The van der Waals surface area contributed by atoms with E-state index < -0.39 is 0 Å². The minimum absolute atomic E-state index is 0.0920. The molecule has 0 fully saturated rings. The van der Waals surface area contributed by atoms with E-state index in [2.05, 4.69) is 0 Å². The summed E-state index contributed by atoms with van der Waals surface area (Å²) in [7, 11) is 1.56. The van der Waals surface area contributed by atoms with Gasteiger partial charge in [0.2, 0.25) is 0 Å². The Kier molecular flexibility index (Phi) is 5.04. The molecule has 2 aromatic rings. The van der Waals surface area contributed by atoms with Crippen molar-refractivity contribution in [1.82, 2.24) is 0 Å².